The minimum atomic E-state index is -3.98. The molecule has 31 heavy (non-hydrogen) atoms. The lowest BCUT2D eigenvalue weighted by atomic mass is 10.2. The third-order valence-electron chi connectivity index (χ3n) is 4.37. The zero-order valence-corrected chi connectivity index (χ0v) is 17.8. The summed E-state index contributed by atoms with van der Waals surface area (Å²) in [5.74, 6) is -0.139. The molecule has 2 aromatic carbocycles. The van der Waals surface area contributed by atoms with Gasteiger partial charge in [0, 0.05) is 19.2 Å². The predicted molar refractivity (Wildman–Crippen MR) is 115 cm³/mol. The molecule has 3 aromatic rings. The molecule has 0 radical (unpaired) electrons. The van der Waals surface area contributed by atoms with Gasteiger partial charge in [0.25, 0.3) is 0 Å². The maximum Gasteiger partial charge on any atom is 0.243 e. The van der Waals surface area contributed by atoms with Crippen molar-refractivity contribution in [2.45, 2.75) is 24.9 Å². The molecule has 9 heteroatoms. The summed E-state index contributed by atoms with van der Waals surface area (Å²) in [4.78, 5) is 23.7. The Morgan fingerprint density at radius 3 is 2.29 bits per heavy atom. The van der Waals surface area contributed by atoms with Crippen LogP contribution < -0.4 is 10.6 Å². The molecule has 0 aliphatic rings. The Hall–Kier alpha value is -3.43. The normalized spacial score (nSPS) is 11.3. The highest BCUT2D eigenvalue weighted by atomic mass is 32.2. The molecular weight excluding hydrogens is 418 g/mol. The number of rotatable bonds is 9. The van der Waals surface area contributed by atoms with Crippen LogP contribution in [0.1, 0.15) is 18.2 Å². The van der Waals surface area contributed by atoms with E-state index in [0.29, 0.717) is 11.4 Å². The van der Waals surface area contributed by atoms with Crippen molar-refractivity contribution in [3.05, 3.63) is 84.3 Å². The van der Waals surface area contributed by atoms with Gasteiger partial charge in [0.15, 0.2) is 0 Å². The number of hydrogen-bond donors (Lipinski definition) is 2. The molecule has 0 saturated heterocycles. The third-order valence-corrected chi connectivity index (χ3v) is 6.18. The monoisotopic (exact) mass is 441 g/mol. The topological polar surface area (TPSA) is 109 Å². The zero-order chi connectivity index (χ0) is 22.3. The molecule has 2 N–H and O–H groups in total. The van der Waals surface area contributed by atoms with Gasteiger partial charge in [-0.1, -0.05) is 30.3 Å². The predicted octanol–water partition coefficient (Wildman–Crippen LogP) is 2.75. The van der Waals surface area contributed by atoms with Gasteiger partial charge in [-0.25, -0.2) is 8.42 Å². The van der Waals surface area contributed by atoms with E-state index in [4.69, 9.17) is 4.42 Å². The minimum absolute atomic E-state index is 0.0244. The Morgan fingerprint density at radius 1 is 0.968 bits per heavy atom. The Morgan fingerprint density at radius 2 is 1.68 bits per heavy atom. The van der Waals surface area contributed by atoms with Gasteiger partial charge in [-0.3, -0.25) is 9.59 Å². The van der Waals surface area contributed by atoms with Gasteiger partial charge in [0.05, 0.1) is 24.2 Å². The summed E-state index contributed by atoms with van der Waals surface area (Å²) in [5, 5.41) is 5.26. The third kappa shape index (κ3) is 6.27. The van der Waals surface area contributed by atoms with Crippen molar-refractivity contribution < 1.29 is 22.4 Å². The molecule has 0 unspecified atom stereocenters. The summed E-state index contributed by atoms with van der Waals surface area (Å²) in [7, 11) is -3.98. The van der Waals surface area contributed by atoms with Crippen LogP contribution in [0, 0.1) is 0 Å². The van der Waals surface area contributed by atoms with E-state index in [-0.39, 0.29) is 30.4 Å². The van der Waals surface area contributed by atoms with Gasteiger partial charge in [-0.05, 0) is 42.0 Å². The number of nitrogens with zero attached hydrogens (tertiary/aromatic N) is 1. The summed E-state index contributed by atoms with van der Waals surface area (Å²) < 4.78 is 32.9. The van der Waals surface area contributed by atoms with Gasteiger partial charge in [0.2, 0.25) is 21.8 Å². The van der Waals surface area contributed by atoms with E-state index in [0.717, 1.165) is 9.87 Å². The van der Waals surface area contributed by atoms with Crippen molar-refractivity contribution in [1.82, 2.24) is 9.62 Å². The van der Waals surface area contributed by atoms with Crippen molar-refractivity contribution in [1.29, 1.82) is 0 Å². The number of furan rings is 1. The highest BCUT2D eigenvalue weighted by Gasteiger charge is 2.27. The number of nitrogens with one attached hydrogen (secondary N) is 2. The summed E-state index contributed by atoms with van der Waals surface area (Å²) in [6.07, 6.45) is 1.50. The van der Waals surface area contributed by atoms with Crippen LogP contribution in [0.2, 0.25) is 0 Å². The molecule has 0 saturated carbocycles. The fourth-order valence-electron chi connectivity index (χ4n) is 2.89. The maximum absolute atomic E-state index is 13.3. The smallest absolute Gasteiger partial charge is 0.243 e. The maximum atomic E-state index is 13.3. The van der Waals surface area contributed by atoms with Crippen LogP contribution in [0.4, 0.5) is 5.69 Å². The van der Waals surface area contributed by atoms with Crippen LogP contribution in [0.5, 0.6) is 0 Å². The number of carbonyl (C=O) groups excluding carboxylic acids is 2. The van der Waals surface area contributed by atoms with Gasteiger partial charge in [-0.15, -0.1) is 0 Å². The minimum Gasteiger partial charge on any atom is -0.467 e. The lowest BCUT2D eigenvalue weighted by Gasteiger charge is -2.22. The van der Waals surface area contributed by atoms with Gasteiger partial charge >= 0.3 is 0 Å². The Labute approximate surface area is 180 Å². The molecule has 0 atom stereocenters. The lowest BCUT2D eigenvalue weighted by molar-refractivity contribution is -0.121. The molecule has 0 aliphatic heterocycles. The second-order valence-electron chi connectivity index (χ2n) is 6.82. The summed E-state index contributed by atoms with van der Waals surface area (Å²) in [6, 6.07) is 18.3. The van der Waals surface area contributed by atoms with Crippen LogP contribution in [0.25, 0.3) is 0 Å². The molecule has 1 aromatic heterocycles. The van der Waals surface area contributed by atoms with E-state index in [2.05, 4.69) is 10.6 Å². The van der Waals surface area contributed by atoms with E-state index in [1.165, 1.54) is 37.5 Å². The number of amides is 2. The molecule has 0 aliphatic carbocycles. The number of anilines is 1. The van der Waals surface area contributed by atoms with E-state index in [9.17, 15) is 18.0 Å². The van der Waals surface area contributed by atoms with Crippen LogP contribution >= 0.6 is 0 Å². The number of sulfonamides is 1. The quantitative estimate of drug-likeness (QED) is 0.531. The van der Waals surface area contributed by atoms with Crippen molar-refractivity contribution in [3.8, 4) is 0 Å². The first kappa shape index (κ1) is 22.3. The van der Waals surface area contributed by atoms with E-state index >= 15 is 0 Å². The summed E-state index contributed by atoms with van der Waals surface area (Å²) in [6.45, 7) is 1.21. The molecule has 3 rings (SSSR count). The number of hydrogen-bond acceptors (Lipinski definition) is 5. The van der Waals surface area contributed by atoms with Crippen molar-refractivity contribution >= 4 is 27.5 Å². The molecule has 0 spiro atoms. The fraction of sp³-hybridized carbons (Fsp3) is 0.182. The Balaban J connectivity index is 1.79. The second-order valence-corrected chi connectivity index (χ2v) is 8.76. The summed E-state index contributed by atoms with van der Waals surface area (Å²) >= 11 is 0. The standard InChI is InChI=1S/C22H23N3O5S/c1-17(26)24-19-9-11-21(12-10-19)31(28,29)25(15-18-6-3-2-4-7-18)16-22(27)23-14-20-8-5-13-30-20/h2-13H,14-16H2,1H3,(H,23,27)(H,24,26). The van der Waals surface area contributed by atoms with Crippen LogP contribution in [0.3, 0.4) is 0 Å². The molecule has 0 bridgehead atoms. The lowest BCUT2D eigenvalue weighted by Crippen LogP contribution is -2.40. The van der Waals surface area contributed by atoms with Gasteiger partial charge < -0.3 is 15.1 Å². The molecule has 162 valence electrons. The van der Waals surface area contributed by atoms with Crippen molar-refractivity contribution in [3.63, 3.8) is 0 Å². The molecular formula is C22H23N3O5S. The second kappa shape index (κ2) is 10.1. The zero-order valence-electron chi connectivity index (χ0n) is 16.9. The molecule has 2 amide bonds. The van der Waals surface area contributed by atoms with Crippen molar-refractivity contribution in [2.75, 3.05) is 11.9 Å². The highest BCUT2D eigenvalue weighted by molar-refractivity contribution is 7.89. The van der Waals surface area contributed by atoms with E-state index in [1.54, 1.807) is 36.4 Å². The van der Waals surface area contributed by atoms with E-state index in [1.807, 2.05) is 6.07 Å². The largest absolute Gasteiger partial charge is 0.467 e. The van der Waals surface area contributed by atoms with Gasteiger partial charge in [0.1, 0.15) is 5.76 Å². The fourth-order valence-corrected chi connectivity index (χ4v) is 4.27. The first-order valence-electron chi connectivity index (χ1n) is 9.55. The average molecular weight is 442 g/mol. The Bertz CT molecular complexity index is 1110. The van der Waals surface area contributed by atoms with Gasteiger partial charge in [-0.2, -0.15) is 4.31 Å². The molecule has 1 heterocycles. The van der Waals surface area contributed by atoms with Crippen LogP contribution in [-0.4, -0.2) is 31.1 Å². The average Bonchev–Trinajstić information content (AvgIpc) is 3.26. The highest BCUT2D eigenvalue weighted by Crippen LogP contribution is 2.20. The number of benzene rings is 2. The van der Waals surface area contributed by atoms with Crippen LogP contribution in [-0.2, 0) is 32.7 Å². The number of carbonyl (C=O) groups is 2. The van der Waals surface area contributed by atoms with E-state index < -0.39 is 15.9 Å². The summed E-state index contributed by atoms with van der Waals surface area (Å²) in [5.41, 5.74) is 1.23. The van der Waals surface area contributed by atoms with Crippen LogP contribution in [0.15, 0.2) is 82.3 Å². The first-order valence-corrected chi connectivity index (χ1v) is 11.0. The Kier molecular flexibility index (Phi) is 7.22. The molecule has 0 fully saturated rings. The SMILES string of the molecule is CC(=O)Nc1ccc(S(=O)(=O)N(CC(=O)NCc2ccco2)Cc2ccccc2)cc1. The first-order chi connectivity index (χ1) is 14.8. The molecule has 8 nitrogen and oxygen atoms in total. The van der Waals surface area contributed by atoms with Crippen molar-refractivity contribution in [2.24, 2.45) is 0 Å².